The van der Waals surface area contributed by atoms with Crippen LogP contribution in [0.1, 0.15) is 12.8 Å². The van der Waals surface area contributed by atoms with E-state index < -0.39 is 0 Å². The van der Waals surface area contributed by atoms with E-state index in [0.717, 1.165) is 17.9 Å². The highest BCUT2D eigenvalue weighted by molar-refractivity contribution is 7.99. The summed E-state index contributed by atoms with van der Waals surface area (Å²) >= 11 is 1.49. The normalized spacial score (nSPS) is 10.8. The molecule has 0 bridgehead atoms. The number of esters is 1. The number of carbonyl (C=O) groups is 1. The van der Waals surface area contributed by atoms with Crippen molar-refractivity contribution in [1.29, 1.82) is 0 Å². The van der Waals surface area contributed by atoms with E-state index in [-0.39, 0.29) is 24.5 Å². The van der Waals surface area contributed by atoms with Crippen LogP contribution in [0.15, 0.2) is 64.5 Å². The van der Waals surface area contributed by atoms with Crippen LogP contribution in [0, 0.1) is 0 Å². The Bertz CT molecular complexity index is 989. The third-order valence-electron chi connectivity index (χ3n) is 4.13. The Morgan fingerprint density at radius 1 is 1.11 bits per heavy atom. The van der Waals surface area contributed by atoms with Crippen LogP contribution in [0.5, 0.6) is 5.75 Å². The number of thioether (sulfide) groups is 1. The van der Waals surface area contributed by atoms with Crippen LogP contribution in [0.2, 0.25) is 0 Å². The number of ether oxygens (including phenoxy) is 2. The topological polar surface area (TPSA) is 70.4 Å². The van der Waals surface area contributed by atoms with Gasteiger partial charge in [-0.2, -0.15) is 0 Å². The number of rotatable bonds is 9. The number of para-hydroxylation sites is 2. The van der Waals surface area contributed by atoms with Crippen LogP contribution in [-0.4, -0.2) is 35.0 Å². The van der Waals surface area contributed by atoms with Crippen molar-refractivity contribution in [2.45, 2.75) is 24.5 Å². The Morgan fingerprint density at radius 3 is 2.64 bits per heavy atom. The first-order valence-corrected chi connectivity index (χ1v) is 10.0. The summed E-state index contributed by atoms with van der Waals surface area (Å²) < 4.78 is 12.0. The van der Waals surface area contributed by atoms with Gasteiger partial charge in [0.05, 0.1) is 31.0 Å². The van der Waals surface area contributed by atoms with Gasteiger partial charge in [-0.3, -0.25) is 14.2 Å². The third kappa shape index (κ3) is 5.13. The lowest BCUT2D eigenvalue weighted by molar-refractivity contribution is -0.140. The van der Waals surface area contributed by atoms with Gasteiger partial charge in [0.1, 0.15) is 5.75 Å². The van der Waals surface area contributed by atoms with Gasteiger partial charge < -0.3 is 9.47 Å². The summed E-state index contributed by atoms with van der Waals surface area (Å²) in [5.74, 6) is 1.23. The number of nitrogens with zero attached hydrogens (tertiary/aromatic N) is 2. The second-order valence-electron chi connectivity index (χ2n) is 6.06. The highest BCUT2D eigenvalue weighted by atomic mass is 32.2. The van der Waals surface area contributed by atoms with Crippen LogP contribution >= 0.6 is 11.8 Å². The molecule has 146 valence electrons. The third-order valence-corrected chi connectivity index (χ3v) is 5.19. The van der Waals surface area contributed by atoms with E-state index in [1.807, 2.05) is 48.5 Å². The van der Waals surface area contributed by atoms with E-state index in [2.05, 4.69) is 4.98 Å². The van der Waals surface area contributed by atoms with Gasteiger partial charge in [0.15, 0.2) is 5.16 Å². The van der Waals surface area contributed by atoms with Crippen molar-refractivity contribution in [1.82, 2.24) is 9.55 Å². The van der Waals surface area contributed by atoms with Gasteiger partial charge in [-0.25, -0.2) is 4.98 Å². The molecule has 0 aliphatic carbocycles. The van der Waals surface area contributed by atoms with Crippen molar-refractivity contribution >= 4 is 28.6 Å². The molecule has 0 spiro atoms. The standard InChI is InChI=1S/C21H22N2O4S/c1-26-19(24)12-13-23-20(25)17-10-5-6-11-18(17)22-21(23)28-15-7-14-27-16-8-3-2-4-9-16/h2-6,8-11H,7,12-15H2,1H3. The largest absolute Gasteiger partial charge is 0.494 e. The minimum Gasteiger partial charge on any atom is -0.494 e. The number of benzene rings is 2. The van der Waals surface area contributed by atoms with Gasteiger partial charge in [0.25, 0.3) is 5.56 Å². The zero-order chi connectivity index (χ0) is 19.8. The molecule has 2 aromatic carbocycles. The van der Waals surface area contributed by atoms with E-state index in [1.165, 1.54) is 18.9 Å². The number of methoxy groups -OCH3 is 1. The predicted molar refractivity (Wildman–Crippen MR) is 110 cm³/mol. The molecule has 3 aromatic rings. The lowest BCUT2D eigenvalue weighted by atomic mass is 10.2. The van der Waals surface area contributed by atoms with Crippen LogP contribution in [0.3, 0.4) is 0 Å². The van der Waals surface area contributed by atoms with E-state index in [9.17, 15) is 9.59 Å². The first-order valence-electron chi connectivity index (χ1n) is 9.06. The minimum absolute atomic E-state index is 0.126. The van der Waals surface area contributed by atoms with Gasteiger partial charge in [-0.05, 0) is 30.7 Å². The van der Waals surface area contributed by atoms with Gasteiger partial charge in [-0.15, -0.1) is 0 Å². The molecular weight excluding hydrogens is 376 g/mol. The smallest absolute Gasteiger partial charge is 0.307 e. The first kappa shape index (κ1) is 19.9. The fourth-order valence-corrected chi connectivity index (χ4v) is 3.63. The Balaban J connectivity index is 1.69. The molecule has 7 heteroatoms. The lowest BCUT2D eigenvalue weighted by Crippen LogP contribution is -2.25. The fraction of sp³-hybridized carbons (Fsp3) is 0.286. The quantitative estimate of drug-likeness (QED) is 0.238. The van der Waals surface area contributed by atoms with Crippen LogP contribution in [0.25, 0.3) is 10.9 Å². The van der Waals surface area contributed by atoms with Crippen molar-refractivity contribution in [3.05, 3.63) is 65.0 Å². The van der Waals surface area contributed by atoms with Crippen molar-refractivity contribution in [2.24, 2.45) is 0 Å². The zero-order valence-corrected chi connectivity index (χ0v) is 16.5. The SMILES string of the molecule is COC(=O)CCn1c(SCCCOc2ccccc2)nc2ccccc2c1=O. The summed E-state index contributed by atoms with van der Waals surface area (Å²) in [7, 11) is 1.34. The Labute approximate surface area is 167 Å². The van der Waals surface area contributed by atoms with Crippen molar-refractivity contribution < 1.29 is 14.3 Å². The molecule has 0 radical (unpaired) electrons. The number of carbonyl (C=O) groups excluding carboxylic acids is 1. The number of aromatic nitrogens is 2. The highest BCUT2D eigenvalue weighted by Crippen LogP contribution is 2.19. The van der Waals surface area contributed by atoms with E-state index in [0.29, 0.717) is 22.7 Å². The Hall–Kier alpha value is -2.80. The number of hydrogen-bond donors (Lipinski definition) is 0. The average molecular weight is 398 g/mol. The van der Waals surface area contributed by atoms with Gasteiger partial charge in [-0.1, -0.05) is 42.1 Å². The molecule has 28 heavy (non-hydrogen) atoms. The maximum Gasteiger partial charge on any atom is 0.307 e. The summed E-state index contributed by atoms with van der Waals surface area (Å²) in [6.07, 6.45) is 0.931. The van der Waals surface area contributed by atoms with E-state index >= 15 is 0 Å². The molecule has 0 amide bonds. The summed E-state index contributed by atoms with van der Waals surface area (Å²) in [4.78, 5) is 29.0. The predicted octanol–water partition coefficient (Wildman–Crippen LogP) is 3.52. The maximum absolute atomic E-state index is 12.9. The fourth-order valence-electron chi connectivity index (χ4n) is 2.69. The summed E-state index contributed by atoms with van der Waals surface area (Å²) in [6, 6.07) is 16.9. The van der Waals surface area contributed by atoms with E-state index in [4.69, 9.17) is 9.47 Å². The monoisotopic (exact) mass is 398 g/mol. The molecule has 0 saturated carbocycles. The van der Waals surface area contributed by atoms with Gasteiger partial charge in [0, 0.05) is 12.3 Å². The Morgan fingerprint density at radius 2 is 1.86 bits per heavy atom. The molecular formula is C21H22N2O4S. The van der Waals surface area contributed by atoms with Crippen molar-refractivity contribution in [3.63, 3.8) is 0 Å². The van der Waals surface area contributed by atoms with Crippen LogP contribution in [-0.2, 0) is 16.1 Å². The van der Waals surface area contributed by atoms with Crippen molar-refractivity contribution in [2.75, 3.05) is 19.5 Å². The molecule has 0 aliphatic heterocycles. The summed E-state index contributed by atoms with van der Waals surface area (Å²) in [5.41, 5.74) is 0.516. The molecule has 1 heterocycles. The highest BCUT2D eigenvalue weighted by Gasteiger charge is 2.13. The summed E-state index contributed by atoms with van der Waals surface area (Å²) in [6.45, 7) is 0.823. The summed E-state index contributed by atoms with van der Waals surface area (Å²) in [5, 5.41) is 1.15. The first-order chi connectivity index (χ1) is 13.7. The molecule has 3 rings (SSSR count). The molecule has 0 unspecified atom stereocenters. The molecule has 6 nitrogen and oxygen atoms in total. The second-order valence-corrected chi connectivity index (χ2v) is 7.12. The molecule has 0 saturated heterocycles. The molecule has 0 fully saturated rings. The Kier molecular flexibility index (Phi) is 7.08. The van der Waals surface area contributed by atoms with Crippen LogP contribution < -0.4 is 10.3 Å². The second kappa shape index (κ2) is 9.94. The van der Waals surface area contributed by atoms with Gasteiger partial charge >= 0.3 is 5.97 Å². The van der Waals surface area contributed by atoms with Gasteiger partial charge in [0.2, 0.25) is 0 Å². The maximum atomic E-state index is 12.9. The number of hydrogen-bond acceptors (Lipinski definition) is 6. The molecule has 0 aliphatic rings. The lowest BCUT2D eigenvalue weighted by Gasteiger charge is -2.13. The van der Waals surface area contributed by atoms with E-state index in [1.54, 1.807) is 10.6 Å². The zero-order valence-electron chi connectivity index (χ0n) is 15.7. The molecule has 0 atom stereocenters. The van der Waals surface area contributed by atoms with Crippen molar-refractivity contribution in [3.8, 4) is 5.75 Å². The minimum atomic E-state index is -0.354. The number of fused-ring (bicyclic) bond motifs is 1. The molecule has 0 N–H and O–H groups in total. The molecule has 1 aromatic heterocycles. The average Bonchev–Trinajstić information content (AvgIpc) is 2.73. The van der Waals surface area contributed by atoms with Crippen LogP contribution in [0.4, 0.5) is 0 Å².